The van der Waals surface area contributed by atoms with Crippen LogP contribution in [-0.2, 0) is 23.2 Å². The monoisotopic (exact) mass is 414 g/mol. The smallest absolute Gasteiger partial charge is 0.309 e. The van der Waals surface area contributed by atoms with E-state index in [-0.39, 0.29) is 11.9 Å². The molecule has 1 saturated heterocycles. The highest BCUT2D eigenvalue weighted by Gasteiger charge is 2.45. The molecule has 1 aromatic heterocycles. The van der Waals surface area contributed by atoms with E-state index in [1.54, 1.807) is 12.1 Å². The number of benzene rings is 1. The Bertz CT molecular complexity index is 946. The number of aliphatic carboxylic acids is 1. The van der Waals surface area contributed by atoms with Gasteiger partial charge in [0.1, 0.15) is 11.9 Å². The highest BCUT2D eigenvalue weighted by molar-refractivity contribution is 6.01. The van der Waals surface area contributed by atoms with Gasteiger partial charge in [-0.3, -0.25) is 14.4 Å². The molecule has 1 fully saturated rings. The lowest BCUT2D eigenvalue weighted by molar-refractivity contribution is -0.155. The standard InChI is InChI=1S/C22H27FN4O3/c1-15-17(13-26(2)24-15)14-27-9-7-22(8-10-27,21(28)29)12-19-11-20(25-30-19)16-3-5-18(23)6-4-16/h3-6,13,19H,7-12,14H2,1-2H3,(H,28,29)/t19-/m0/s1. The molecule has 0 aliphatic carbocycles. The Balaban J connectivity index is 1.36. The second kappa shape index (κ2) is 8.18. The second-order valence-electron chi connectivity index (χ2n) is 8.46. The van der Waals surface area contributed by atoms with E-state index in [1.165, 1.54) is 17.7 Å². The van der Waals surface area contributed by atoms with Crippen LogP contribution in [0.25, 0.3) is 0 Å². The largest absolute Gasteiger partial charge is 0.481 e. The highest BCUT2D eigenvalue weighted by Crippen LogP contribution is 2.39. The van der Waals surface area contributed by atoms with E-state index in [4.69, 9.17) is 4.84 Å². The number of aryl methyl sites for hydroxylation is 2. The molecule has 0 spiro atoms. The van der Waals surface area contributed by atoms with E-state index >= 15 is 0 Å². The lowest BCUT2D eigenvalue weighted by Crippen LogP contribution is -2.45. The highest BCUT2D eigenvalue weighted by atomic mass is 19.1. The lowest BCUT2D eigenvalue weighted by atomic mass is 9.73. The fraction of sp³-hybridized carbons (Fsp3) is 0.500. The van der Waals surface area contributed by atoms with E-state index in [2.05, 4.69) is 15.2 Å². The molecule has 4 rings (SSSR count). The van der Waals surface area contributed by atoms with Gasteiger partial charge in [-0.05, 0) is 50.6 Å². The number of carbonyl (C=O) groups is 1. The summed E-state index contributed by atoms with van der Waals surface area (Å²) in [6, 6.07) is 6.13. The summed E-state index contributed by atoms with van der Waals surface area (Å²) in [4.78, 5) is 20.1. The van der Waals surface area contributed by atoms with Gasteiger partial charge in [0.05, 0.1) is 16.8 Å². The van der Waals surface area contributed by atoms with Gasteiger partial charge in [0.15, 0.2) is 0 Å². The number of carboxylic acids is 1. The van der Waals surface area contributed by atoms with Crippen molar-refractivity contribution in [1.29, 1.82) is 0 Å². The molecule has 0 bridgehead atoms. The van der Waals surface area contributed by atoms with Crippen LogP contribution in [-0.4, -0.2) is 50.7 Å². The van der Waals surface area contributed by atoms with Gasteiger partial charge in [-0.1, -0.05) is 17.3 Å². The molecule has 1 aromatic carbocycles. The number of likely N-dealkylation sites (tertiary alicyclic amines) is 1. The number of aromatic nitrogens is 2. The maximum Gasteiger partial charge on any atom is 0.309 e. The molecule has 3 heterocycles. The van der Waals surface area contributed by atoms with Crippen LogP contribution in [0.2, 0.25) is 0 Å². The fourth-order valence-corrected chi connectivity index (χ4v) is 4.48. The molecule has 7 nitrogen and oxygen atoms in total. The lowest BCUT2D eigenvalue weighted by Gasteiger charge is -2.39. The van der Waals surface area contributed by atoms with Crippen LogP contribution in [0.3, 0.4) is 0 Å². The van der Waals surface area contributed by atoms with E-state index < -0.39 is 11.4 Å². The van der Waals surface area contributed by atoms with E-state index in [0.717, 1.165) is 36.6 Å². The predicted molar refractivity (Wildman–Crippen MR) is 110 cm³/mol. The van der Waals surface area contributed by atoms with E-state index in [9.17, 15) is 14.3 Å². The molecule has 8 heteroatoms. The third kappa shape index (κ3) is 4.23. The van der Waals surface area contributed by atoms with Gasteiger partial charge in [0, 0.05) is 38.2 Å². The Morgan fingerprint density at radius 1 is 1.30 bits per heavy atom. The molecule has 2 aliphatic rings. The van der Waals surface area contributed by atoms with Crippen molar-refractivity contribution in [2.24, 2.45) is 17.6 Å². The molecule has 1 N–H and O–H groups in total. The van der Waals surface area contributed by atoms with Gasteiger partial charge in [0.25, 0.3) is 0 Å². The summed E-state index contributed by atoms with van der Waals surface area (Å²) in [5.74, 6) is -1.06. The van der Waals surface area contributed by atoms with Crippen LogP contribution in [0.15, 0.2) is 35.6 Å². The average molecular weight is 414 g/mol. The fourth-order valence-electron chi connectivity index (χ4n) is 4.48. The molecule has 0 amide bonds. The number of halogens is 1. The van der Waals surface area contributed by atoms with Gasteiger partial charge < -0.3 is 9.94 Å². The van der Waals surface area contributed by atoms with Crippen molar-refractivity contribution >= 4 is 11.7 Å². The van der Waals surface area contributed by atoms with E-state index in [0.29, 0.717) is 25.7 Å². The number of oxime groups is 1. The Hall–Kier alpha value is -2.74. The van der Waals surface area contributed by atoms with Gasteiger partial charge in [-0.15, -0.1) is 0 Å². The molecular formula is C22H27FN4O3. The van der Waals surface area contributed by atoms with Crippen LogP contribution in [0, 0.1) is 18.2 Å². The molecule has 160 valence electrons. The van der Waals surface area contributed by atoms with Crippen molar-refractivity contribution in [1.82, 2.24) is 14.7 Å². The number of hydrogen-bond acceptors (Lipinski definition) is 5. The van der Waals surface area contributed by atoms with Crippen LogP contribution >= 0.6 is 0 Å². The zero-order valence-electron chi connectivity index (χ0n) is 17.3. The number of nitrogens with zero attached hydrogens (tertiary/aromatic N) is 4. The minimum Gasteiger partial charge on any atom is -0.481 e. The molecule has 2 aromatic rings. The first-order valence-corrected chi connectivity index (χ1v) is 10.3. The summed E-state index contributed by atoms with van der Waals surface area (Å²) >= 11 is 0. The Kier molecular flexibility index (Phi) is 5.60. The number of hydrogen-bond donors (Lipinski definition) is 1. The maximum absolute atomic E-state index is 13.1. The van der Waals surface area contributed by atoms with Crippen molar-refractivity contribution < 1.29 is 19.1 Å². The summed E-state index contributed by atoms with van der Waals surface area (Å²) < 4.78 is 15.0. The molecule has 2 aliphatic heterocycles. The molecule has 30 heavy (non-hydrogen) atoms. The van der Waals surface area contributed by atoms with Crippen molar-refractivity contribution in [2.75, 3.05) is 13.1 Å². The maximum atomic E-state index is 13.1. The Morgan fingerprint density at radius 3 is 2.60 bits per heavy atom. The zero-order valence-corrected chi connectivity index (χ0v) is 17.3. The average Bonchev–Trinajstić information content (AvgIpc) is 3.30. The predicted octanol–water partition coefficient (Wildman–Crippen LogP) is 3.12. The second-order valence-corrected chi connectivity index (χ2v) is 8.46. The number of piperidine rings is 1. The molecule has 1 atom stereocenters. The van der Waals surface area contributed by atoms with Crippen LogP contribution in [0.4, 0.5) is 4.39 Å². The number of rotatable bonds is 6. The van der Waals surface area contributed by atoms with Gasteiger partial charge >= 0.3 is 5.97 Å². The normalized spacial score (nSPS) is 21.3. The summed E-state index contributed by atoms with van der Waals surface area (Å²) in [6.07, 6.45) is 3.87. The van der Waals surface area contributed by atoms with E-state index in [1.807, 2.05) is 24.9 Å². The van der Waals surface area contributed by atoms with Crippen molar-refractivity contribution in [3.8, 4) is 0 Å². The topological polar surface area (TPSA) is 80.0 Å². The van der Waals surface area contributed by atoms with Crippen molar-refractivity contribution in [3.05, 3.63) is 53.1 Å². The Morgan fingerprint density at radius 2 is 2.00 bits per heavy atom. The molecule has 0 radical (unpaired) electrons. The van der Waals surface area contributed by atoms with Gasteiger partial charge in [-0.2, -0.15) is 5.10 Å². The quantitative estimate of drug-likeness (QED) is 0.786. The molecule has 0 unspecified atom stereocenters. The number of carboxylic acid groups (broad SMARTS) is 1. The summed E-state index contributed by atoms with van der Waals surface area (Å²) in [7, 11) is 1.91. The van der Waals surface area contributed by atoms with Crippen LogP contribution in [0.1, 0.15) is 42.5 Å². The first kappa shape index (κ1) is 20.5. The van der Waals surface area contributed by atoms with Crippen LogP contribution in [0.5, 0.6) is 0 Å². The minimum absolute atomic E-state index is 0.270. The van der Waals surface area contributed by atoms with Crippen molar-refractivity contribution in [3.63, 3.8) is 0 Å². The Labute approximate surface area is 175 Å². The minimum atomic E-state index is -0.807. The van der Waals surface area contributed by atoms with Crippen molar-refractivity contribution in [2.45, 2.75) is 45.3 Å². The summed E-state index contributed by atoms with van der Waals surface area (Å²) in [6.45, 7) is 4.22. The van der Waals surface area contributed by atoms with Crippen LogP contribution < -0.4 is 0 Å². The summed E-state index contributed by atoms with van der Waals surface area (Å²) in [5, 5.41) is 18.5. The SMILES string of the molecule is Cc1nn(C)cc1CN1CCC(C[C@@H]2CC(c3ccc(F)cc3)=NO2)(C(=O)O)CC1. The summed E-state index contributed by atoms with van der Waals surface area (Å²) in [5.41, 5.74) is 2.93. The molecule has 0 saturated carbocycles. The third-order valence-corrected chi connectivity index (χ3v) is 6.30. The zero-order chi connectivity index (χ0) is 21.3. The third-order valence-electron chi connectivity index (χ3n) is 6.30. The van der Waals surface area contributed by atoms with Gasteiger partial charge in [-0.25, -0.2) is 4.39 Å². The first-order chi connectivity index (χ1) is 14.3. The van der Waals surface area contributed by atoms with Gasteiger partial charge in [0.2, 0.25) is 0 Å². The molecular weight excluding hydrogens is 387 g/mol. The first-order valence-electron chi connectivity index (χ1n) is 10.3.